The van der Waals surface area contributed by atoms with Gasteiger partial charge in [0, 0.05) is 23.0 Å². The number of hydrogen-bond donors (Lipinski definition) is 2. The van der Waals surface area contributed by atoms with Crippen LogP contribution in [0.25, 0.3) is 10.8 Å². The highest BCUT2D eigenvalue weighted by atomic mass is 35.5. The molecule has 16 heavy (non-hydrogen) atoms. The third kappa shape index (κ3) is 1.70. The molecule has 0 aromatic heterocycles. The zero-order valence-corrected chi connectivity index (χ0v) is 9.38. The lowest BCUT2D eigenvalue weighted by Crippen LogP contribution is -2.17. The van der Waals surface area contributed by atoms with Crippen LogP contribution in [-0.2, 0) is 0 Å². The number of nitrogens with one attached hydrogen (secondary N) is 1. The molecule has 0 radical (unpaired) electrons. The number of phenolic OH excluding ortho intramolecular Hbond substituents is 1. The number of halogens is 1. The standard InChI is InChI=1S/C12H10ClNO2/c1-14-12(16)9-4-5-11(15)10-6-7(13)2-3-8(9)10/h2-6,15H,1H3,(H,14,16). The smallest absolute Gasteiger partial charge is 0.251 e. The van der Waals surface area contributed by atoms with E-state index >= 15 is 0 Å². The molecular weight excluding hydrogens is 226 g/mol. The van der Waals surface area contributed by atoms with Crippen LogP contribution < -0.4 is 5.32 Å². The van der Waals surface area contributed by atoms with E-state index in [1.54, 1.807) is 31.3 Å². The van der Waals surface area contributed by atoms with Crippen molar-refractivity contribution in [2.24, 2.45) is 0 Å². The molecule has 4 heteroatoms. The predicted molar refractivity (Wildman–Crippen MR) is 64.0 cm³/mol. The van der Waals surface area contributed by atoms with Crippen LogP contribution in [0.15, 0.2) is 30.3 Å². The average molecular weight is 236 g/mol. The second kappa shape index (κ2) is 4.02. The number of hydrogen-bond acceptors (Lipinski definition) is 2. The van der Waals surface area contributed by atoms with E-state index < -0.39 is 0 Å². The molecule has 2 rings (SSSR count). The summed E-state index contributed by atoms with van der Waals surface area (Å²) < 4.78 is 0. The van der Waals surface area contributed by atoms with Crippen molar-refractivity contribution in [2.45, 2.75) is 0 Å². The van der Waals surface area contributed by atoms with Crippen molar-refractivity contribution in [3.05, 3.63) is 40.9 Å². The molecule has 0 aliphatic carbocycles. The van der Waals surface area contributed by atoms with Crippen LogP contribution in [0.3, 0.4) is 0 Å². The third-order valence-corrected chi connectivity index (χ3v) is 2.66. The van der Waals surface area contributed by atoms with E-state index in [0.717, 1.165) is 0 Å². The Labute approximate surface area is 97.7 Å². The third-order valence-electron chi connectivity index (χ3n) is 2.43. The fourth-order valence-electron chi connectivity index (χ4n) is 1.64. The molecule has 0 heterocycles. The van der Waals surface area contributed by atoms with Gasteiger partial charge in [-0.2, -0.15) is 0 Å². The summed E-state index contributed by atoms with van der Waals surface area (Å²) in [6.45, 7) is 0. The highest BCUT2D eigenvalue weighted by Crippen LogP contribution is 2.29. The van der Waals surface area contributed by atoms with Crippen LogP contribution in [0.1, 0.15) is 10.4 Å². The van der Waals surface area contributed by atoms with Crippen molar-refractivity contribution >= 4 is 28.3 Å². The lowest BCUT2D eigenvalue weighted by atomic mass is 10.0. The minimum Gasteiger partial charge on any atom is -0.507 e. The van der Waals surface area contributed by atoms with Gasteiger partial charge in [0.15, 0.2) is 0 Å². The Morgan fingerprint density at radius 3 is 2.69 bits per heavy atom. The summed E-state index contributed by atoms with van der Waals surface area (Å²) in [4.78, 5) is 11.6. The van der Waals surface area contributed by atoms with Crippen LogP contribution in [-0.4, -0.2) is 18.1 Å². The summed E-state index contributed by atoms with van der Waals surface area (Å²) in [5.74, 6) is -0.0718. The van der Waals surface area contributed by atoms with Crippen molar-refractivity contribution < 1.29 is 9.90 Å². The molecule has 2 aromatic carbocycles. The monoisotopic (exact) mass is 235 g/mol. The lowest BCUT2D eigenvalue weighted by molar-refractivity contribution is 0.0965. The molecule has 0 saturated carbocycles. The van der Waals surface area contributed by atoms with Gasteiger partial charge in [0.25, 0.3) is 5.91 Å². The van der Waals surface area contributed by atoms with Gasteiger partial charge in [-0.1, -0.05) is 17.7 Å². The molecule has 0 aliphatic heterocycles. The van der Waals surface area contributed by atoms with E-state index in [4.69, 9.17) is 11.6 Å². The number of amides is 1. The molecule has 0 aliphatic rings. The normalized spacial score (nSPS) is 10.4. The molecular formula is C12H10ClNO2. The van der Waals surface area contributed by atoms with Crippen molar-refractivity contribution in [3.63, 3.8) is 0 Å². The van der Waals surface area contributed by atoms with Gasteiger partial charge in [-0.3, -0.25) is 4.79 Å². The highest BCUT2D eigenvalue weighted by molar-refractivity contribution is 6.31. The number of carbonyl (C=O) groups is 1. The predicted octanol–water partition coefficient (Wildman–Crippen LogP) is 2.56. The van der Waals surface area contributed by atoms with Gasteiger partial charge in [0.05, 0.1) is 0 Å². The van der Waals surface area contributed by atoms with E-state index in [9.17, 15) is 9.90 Å². The molecule has 0 spiro atoms. The van der Waals surface area contributed by atoms with E-state index in [0.29, 0.717) is 21.4 Å². The number of benzene rings is 2. The van der Waals surface area contributed by atoms with Gasteiger partial charge in [0.2, 0.25) is 0 Å². The fraction of sp³-hybridized carbons (Fsp3) is 0.0833. The number of phenols is 1. The molecule has 0 saturated heterocycles. The number of fused-ring (bicyclic) bond motifs is 1. The van der Waals surface area contributed by atoms with E-state index in [1.807, 2.05) is 0 Å². The van der Waals surface area contributed by atoms with Crippen LogP contribution in [0, 0.1) is 0 Å². The Bertz CT molecular complexity index is 566. The first-order valence-electron chi connectivity index (χ1n) is 4.77. The Balaban J connectivity index is 2.79. The summed E-state index contributed by atoms with van der Waals surface area (Å²) in [5, 5.41) is 14.0. The minimum atomic E-state index is -0.188. The second-order valence-electron chi connectivity index (χ2n) is 3.40. The van der Waals surface area contributed by atoms with Gasteiger partial charge in [-0.15, -0.1) is 0 Å². The van der Waals surface area contributed by atoms with Gasteiger partial charge < -0.3 is 10.4 Å². The molecule has 0 fully saturated rings. The number of carbonyl (C=O) groups excluding carboxylic acids is 1. The molecule has 82 valence electrons. The molecule has 0 atom stereocenters. The van der Waals surface area contributed by atoms with Crippen molar-refractivity contribution in [3.8, 4) is 5.75 Å². The first-order chi connectivity index (χ1) is 7.63. The maximum Gasteiger partial charge on any atom is 0.251 e. The van der Waals surface area contributed by atoms with Gasteiger partial charge in [-0.25, -0.2) is 0 Å². The molecule has 3 nitrogen and oxygen atoms in total. The zero-order chi connectivity index (χ0) is 11.7. The number of rotatable bonds is 1. The quantitative estimate of drug-likeness (QED) is 0.798. The van der Waals surface area contributed by atoms with E-state index in [1.165, 1.54) is 6.07 Å². The van der Waals surface area contributed by atoms with Gasteiger partial charge in [-0.05, 0) is 29.7 Å². The summed E-state index contributed by atoms with van der Waals surface area (Å²) in [6, 6.07) is 8.13. The van der Waals surface area contributed by atoms with E-state index in [2.05, 4.69) is 5.32 Å². The zero-order valence-electron chi connectivity index (χ0n) is 8.62. The highest BCUT2D eigenvalue weighted by Gasteiger charge is 2.10. The van der Waals surface area contributed by atoms with Crippen LogP contribution in [0.2, 0.25) is 5.02 Å². The minimum absolute atomic E-state index is 0.116. The summed E-state index contributed by atoms with van der Waals surface area (Å²) >= 11 is 5.84. The van der Waals surface area contributed by atoms with Crippen molar-refractivity contribution in [2.75, 3.05) is 7.05 Å². The maximum atomic E-state index is 11.6. The SMILES string of the molecule is CNC(=O)c1ccc(O)c2cc(Cl)ccc12. The fourth-order valence-corrected chi connectivity index (χ4v) is 1.81. The van der Waals surface area contributed by atoms with Gasteiger partial charge in [0.1, 0.15) is 5.75 Å². The first kappa shape index (κ1) is 10.8. The molecule has 2 aromatic rings. The average Bonchev–Trinajstić information content (AvgIpc) is 2.29. The summed E-state index contributed by atoms with van der Waals surface area (Å²) in [7, 11) is 1.57. The molecule has 0 bridgehead atoms. The Morgan fingerprint density at radius 2 is 2.00 bits per heavy atom. The Kier molecular flexibility index (Phi) is 2.71. The summed E-state index contributed by atoms with van der Waals surface area (Å²) in [6.07, 6.45) is 0. The van der Waals surface area contributed by atoms with Crippen molar-refractivity contribution in [1.82, 2.24) is 5.32 Å². The Hall–Kier alpha value is -1.74. The second-order valence-corrected chi connectivity index (χ2v) is 3.84. The largest absolute Gasteiger partial charge is 0.507 e. The van der Waals surface area contributed by atoms with Crippen LogP contribution >= 0.6 is 11.6 Å². The Morgan fingerprint density at radius 1 is 1.25 bits per heavy atom. The number of aromatic hydroxyl groups is 1. The van der Waals surface area contributed by atoms with E-state index in [-0.39, 0.29) is 11.7 Å². The molecule has 2 N–H and O–H groups in total. The molecule has 1 amide bonds. The lowest BCUT2D eigenvalue weighted by Gasteiger charge is -2.07. The first-order valence-corrected chi connectivity index (χ1v) is 5.14. The van der Waals surface area contributed by atoms with Gasteiger partial charge >= 0.3 is 0 Å². The van der Waals surface area contributed by atoms with Crippen LogP contribution in [0.5, 0.6) is 5.75 Å². The van der Waals surface area contributed by atoms with Crippen LogP contribution in [0.4, 0.5) is 0 Å². The molecule has 0 unspecified atom stereocenters. The summed E-state index contributed by atoms with van der Waals surface area (Å²) in [5.41, 5.74) is 0.520. The topological polar surface area (TPSA) is 49.3 Å². The van der Waals surface area contributed by atoms with Crippen molar-refractivity contribution in [1.29, 1.82) is 0 Å². The maximum absolute atomic E-state index is 11.6.